The van der Waals surface area contributed by atoms with E-state index < -0.39 is 12.1 Å². The topological polar surface area (TPSA) is 87.3 Å². The Morgan fingerprint density at radius 2 is 2.28 bits per heavy atom. The maximum atomic E-state index is 12.0. The summed E-state index contributed by atoms with van der Waals surface area (Å²) in [6.07, 6.45) is 1.06. The number of carbonyl (C=O) groups excluding carboxylic acids is 2. The van der Waals surface area contributed by atoms with Gasteiger partial charge in [0.25, 0.3) is 0 Å². The standard InChI is InChI=1S/C11H18N4O3/c1-7-9(5-12-14-7)6-15(3)10(16)8(2)13-11(17)18-4/h5,8H,6H2,1-4H3,(H,12,14)(H,13,17)/t8-/m1/s1. The van der Waals surface area contributed by atoms with Gasteiger partial charge in [-0.1, -0.05) is 0 Å². The van der Waals surface area contributed by atoms with Gasteiger partial charge < -0.3 is 15.0 Å². The number of hydrogen-bond donors (Lipinski definition) is 2. The predicted molar refractivity (Wildman–Crippen MR) is 64.8 cm³/mol. The van der Waals surface area contributed by atoms with Gasteiger partial charge in [-0.25, -0.2) is 4.79 Å². The zero-order valence-corrected chi connectivity index (χ0v) is 11.0. The number of hydrogen-bond acceptors (Lipinski definition) is 4. The maximum absolute atomic E-state index is 12.0. The Labute approximate surface area is 105 Å². The van der Waals surface area contributed by atoms with Crippen molar-refractivity contribution in [2.24, 2.45) is 0 Å². The van der Waals surface area contributed by atoms with E-state index >= 15 is 0 Å². The largest absolute Gasteiger partial charge is 0.453 e. The van der Waals surface area contributed by atoms with Crippen LogP contribution in [0.2, 0.25) is 0 Å². The lowest BCUT2D eigenvalue weighted by molar-refractivity contribution is -0.132. The van der Waals surface area contributed by atoms with Crippen LogP contribution in [0.4, 0.5) is 4.79 Å². The molecule has 0 spiro atoms. The minimum atomic E-state index is -0.630. The quantitative estimate of drug-likeness (QED) is 0.815. The molecule has 18 heavy (non-hydrogen) atoms. The minimum absolute atomic E-state index is 0.194. The highest BCUT2D eigenvalue weighted by Gasteiger charge is 2.20. The number of alkyl carbamates (subject to hydrolysis) is 1. The molecule has 0 aliphatic heterocycles. The molecule has 0 bridgehead atoms. The molecular weight excluding hydrogens is 236 g/mol. The molecule has 1 heterocycles. The lowest BCUT2D eigenvalue weighted by atomic mass is 10.2. The van der Waals surface area contributed by atoms with Gasteiger partial charge in [0.2, 0.25) is 5.91 Å². The lowest BCUT2D eigenvalue weighted by Gasteiger charge is -2.21. The average Bonchev–Trinajstić information content (AvgIpc) is 2.73. The van der Waals surface area contributed by atoms with Crippen LogP contribution >= 0.6 is 0 Å². The number of aromatic nitrogens is 2. The SMILES string of the molecule is COC(=O)N[C@H](C)C(=O)N(C)Cc1cn[nH]c1C. The molecule has 0 unspecified atom stereocenters. The molecule has 7 heteroatoms. The molecule has 0 radical (unpaired) electrons. The highest BCUT2D eigenvalue weighted by atomic mass is 16.5. The second kappa shape index (κ2) is 6.04. The Kier molecular flexibility index (Phi) is 4.70. The van der Waals surface area contributed by atoms with E-state index in [0.29, 0.717) is 6.54 Å². The van der Waals surface area contributed by atoms with Crippen LogP contribution in [0.25, 0.3) is 0 Å². The number of nitrogens with zero attached hydrogens (tertiary/aromatic N) is 2. The predicted octanol–water partition coefficient (Wildman–Crippen LogP) is 0.421. The van der Waals surface area contributed by atoms with E-state index in [0.717, 1.165) is 11.3 Å². The summed E-state index contributed by atoms with van der Waals surface area (Å²) in [4.78, 5) is 24.5. The summed E-state index contributed by atoms with van der Waals surface area (Å²) in [5.41, 5.74) is 1.86. The third-order valence-corrected chi connectivity index (χ3v) is 2.61. The number of H-pyrrole nitrogens is 1. The summed E-state index contributed by atoms with van der Waals surface area (Å²) in [6.45, 7) is 3.93. The summed E-state index contributed by atoms with van der Waals surface area (Å²) in [5, 5.41) is 9.12. The summed E-state index contributed by atoms with van der Waals surface area (Å²) in [5.74, 6) is -0.194. The van der Waals surface area contributed by atoms with Crippen molar-refractivity contribution < 1.29 is 14.3 Å². The van der Waals surface area contributed by atoms with Crippen LogP contribution in [0.15, 0.2) is 6.20 Å². The molecule has 7 nitrogen and oxygen atoms in total. The van der Waals surface area contributed by atoms with Crippen LogP contribution in [-0.4, -0.2) is 47.3 Å². The van der Waals surface area contributed by atoms with E-state index in [1.54, 1.807) is 20.2 Å². The fourth-order valence-electron chi connectivity index (χ4n) is 1.50. The first-order valence-corrected chi connectivity index (χ1v) is 5.54. The van der Waals surface area contributed by atoms with Crippen LogP contribution < -0.4 is 5.32 Å². The molecule has 0 saturated carbocycles. The summed E-state index contributed by atoms with van der Waals surface area (Å²) in [6, 6.07) is -0.630. The van der Waals surface area contributed by atoms with Gasteiger partial charge in [0.05, 0.1) is 13.3 Å². The normalized spacial score (nSPS) is 11.8. The van der Waals surface area contributed by atoms with Crippen LogP contribution in [0, 0.1) is 6.92 Å². The van der Waals surface area contributed by atoms with Gasteiger partial charge in [-0.15, -0.1) is 0 Å². The Morgan fingerprint density at radius 1 is 1.61 bits per heavy atom. The van der Waals surface area contributed by atoms with Crippen molar-refractivity contribution in [3.8, 4) is 0 Å². The molecule has 0 aliphatic carbocycles. The molecule has 1 aromatic heterocycles. The van der Waals surface area contributed by atoms with E-state index in [-0.39, 0.29) is 5.91 Å². The lowest BCUT2D eigenvalue weighted by Crippen LogP contribution is -2.45. The van der Waals surface area contributed by atoms with E-state index in [1.807, 2.05) is 6.92 Å². The van der Waals surface area contributed by atoms with E-state index in [1.165, 1.54) is 12.0 Å². The van der Waals surface area contributed by atoms with Gasteiger partial charge in [0.15, 0.2) is 0 Å². The third-order valence-electron chi connectivity index (χ3n) is 2.61. The van der Waals surface area contributed by atoms with E-state index in [9.17, 15) is 9.59 Å². The van der Waals surface area contributed by atoms with Gasteiger partial charge >= 0.3 is 6.09 Å². The monoisotopic (exact) mass is 254 g/mol. The van der Waals surface area contributed by atoms with Crippen molar-refractivity contribution in [3.05, 3.63) is 17.5 Å². The molecule has 1 rings (SSSR count). The fraction of sp³-hybridized carbons (Fsp3) is 0.545. The first kappa shape index (κ1) is 14.0. The minimum Gasteiger partial charge on any atom is -0.453 e. The number of nitrogens with one attached hydrogen (secondary N) is 2. The van der Waals surface area contributed by atoms with Crippen molar-refractivity contribution in [3.63, 3.8) is 0 Å². The molecule has 0 aromatic carbocycles. The summed E-state index contributed by atoms with van der Waals surface area (Å²) in [7, 11) is 2.93. The fourth-order valence-corrected chi connectivity index (χ4v) is 1.50. The molecule has 1 atom stereocenters. The number of methoxy groups -OCH3 is 1. The number of aryl methyl sites for hydroxylation is 1. The van der Waals surface area contributed by atoms with Gasteiger partial charge in [0.1, 0.15) is 6.04 Å². The highest BCUT2D eigenvalue weighted by molar-refractivity contribution is 5.85. The van der Waals surface area contributed by atoms with Crippen molar-refractivity contribution in [2.45, 2.75) is 26.4 Å². The van der Waals surface area contributed by atoms with Crippen LogP contribution in [0.5, 0.6) is 0 Å². The van der Waals surface area contributed by atoms with Crippen molar-refractivity contribution >= 4 is 12.0 Å². The Balaban J connectivity index is 2.56. The van der Waals surface area contributed by atoms with Gasteiger partial charge in [-0.05, 0) is 13.8 Å². The van der Waals surface area contributed by atoms with Crippen LogP contribution in [-0.2, 0) is 16.1 Å². The molecule has 0 saturated heterocycles. The number of ether oxygens (including phenoxy) is 1. The molecule has 2 amide bonds. The molecule has 100 valence electrons. The van der Waals surface area contributed by atoms with Crippen LogP contribution in [0.3, 0.4) is 0 Å². The average molecular weight is 254 g/mol. The second-order valence-corrected chi connectivity index (χ2v) is 4.07. The molecular formula is C11H18N4O3. The Bertz CT molecular complexity index is 430. The number of amides is 2. The maximum Gasteiger partial charge on any atom is 0.407 e. The van der Waals surface area contributed by atoms with E-state index in [2.05, 4.69) is 20.3 Å². The third kappa shape index (κ3) is 3.47. The number of carbonyl (C=O) groups is 2. The van der Waals surface area contributed by atoms with Crippen molar-refractivity contribution in [1.29, 1.82) is 0 Å². The van der Waals surface area contributed by atoms with Gasteiger partial charge in [-0.2, -0.15) is 5.10 Å². The molecule has 2 N–H and O–H groups in total. The first-order valence-electron chi connectivity index (χ1n) is 5.54. The molecule has 1 aromatic rings. The highest BCUT2D eigenvalue weighted by Crippen LogP contribution is 2.07. The Hall–Kier alpha value is -2.05. The van der Waals surface area contributed by atoms with Crippen LogP contribution in [0.1, 0.15) is 18.2 Å². The zero-order chi connectivity index (χ0) is 13.7. The zero-order valence-electron chi connectivity index (χ0n) is 11.0. The first-order chi connectivity index (χ1) is 8.45. The van der Waals surface area contributed by atoms with Crippen molar-refractivity contribution in [2.75, 3.05) is 14.2 Å². The number of aromatic amines is 1. The molecule has 0 aliphatic rings. The van der Waals surface area contributed by atoms with Gasteiger partial charge in [0, 0.05) is 24.8 Å². The summed E-state index contributed by atoms with van der Waals surface area (Å²) < 4.78 is 4.44. The smallest absolute Gasteiger partial charge is 0.407 e. The number of likely N-dealkylation sites (N-methyl/N-ethyl adjacent to an activating group) is 1. The molecule has 0 fully saturated rings. The second-order valence-electron chi connectivity index (χ2n) is 4.07. The Morgan fingerprint density at radius 3 is 2.78 bits per heavy atom. The number of rotatable bonds is 4. The van der Waals surface area contributed by atoms with Gasteiger partial charge in [-0.3, -0.25) is 9.89 Å². The summed E-state index contributed by atoms with van der Waals surface area (Å²) >= 11 is 0. The van der Waals surface area contributed by atoms with Crippen molar-refractivity contribution in [1.82, 2.24) is 20.4 Å². The van der Waals surface area contributed by atoms with E-state index in [4.69, 9.17) is 0 Å².